The Morgan fingerprint density at radius 3 is 2.60 bits per heavy atom. The molecule has 0 spiro atoms. The maximum Gasteiger partial charge on any atom is 0.305 e. The summed E-state index contributed by atoms with van der Waals surface area (Å²) in [5.41, 5.74) is 6.37. The van der Waals surface area contributed by atoms with Crippen molar-refractivity contribution in [2.45, 2.75) is 12.8 Å². The smallest absolute Gasteiger partial charge is 0.305 e. The number of carbonyl (C=O) groups is 1. The van der Waals surface area contributed by atoms with Crippen molar-refractivity contribution in [3.8, 4) is 5.75 Å². The van der Waals surface area contributed by atoms with Gasteiger partial charge in [0, 0.05) is 6.42 Å². The van der Waals surface area contributed by atoms with E-state index in [4.69, 9.17) is 10.5 Å². The van der Waals surface area contributed by atoms with Gasteiger partial charge in [-0.3, -0.25) is 9.52 Å². The number of nitrogens with two attached hydrogens (primary N) is 1. The van der Waals surface area contributed by atoms with Crippen LogP contribution in [0.1, 0.15) is 12.8 Å². The first-order valence-electron chi connectivity index (χ1n) is 5.89. The van der Waals surface area contributed by atoms with Crippen LogP contribution in [-0.4, -0.2) is 34.4 Å². The number of carbonyl (C=O) groups excluding carboxylic acids is 1. The van der Waals surface area contributed by atoms with Gasteiger partial charge < -0.3 is 15.2 Å². The Kier molecular flexibility index (Phi) is 5.63. The molecule has 0 heterocycles. The first kappa shape index (κ1) is 16.1. The van der Waals surface area contributed by atoms with Crippen molar-refractivity contribution in [2.24, 2.45) is 0 Å². The summed E-state index contributed by atoms with van der Waals surface area (Å²) >= 11 is 0. The average molecular weight is 302 g/mol. The summed E-state index contributed by atoms with van der Waals surface area (Å²) in [5.74, 6) is -0.138. The highest BCUT2D eigenvalue weighted by molar-refractivity contribution is 7.92. The fourth-order valence-electron chi connectivity index (χ4n) is 1.54. The minimum Gasteiger partial charge on any atom is -0.495 e. The summed E-state index contributed by atoms with van der Waals surface area (Å²) in [6.45, 7) is 0. The average Bonchev–Trinajstić information content (AvgIpc) is 2.38. The lowest BCUT2D eigenvalue weighted by Crippen LogP contribution is -2.17. The lowest BCUT2D eigenvalue weighted by atomic mass is 10.2. The maximum atomic E-state index is 11.8. The molecule has 0 atom stereocenters. The second-order valence-electron chi connectivity index (χ2n) is 4.06. The summed E-state index contributed by atoms with van der Waals surface area (Å²) in [7, 11) is -0.795. The van der Waals surface area contributed by atoms with Crippen molar-refractivity contribution in [3.05, 3.63) is 18.2 Å². The van der Waals surface area contributed by atoms with Crippen molar-refractivity contribution in [2.75, 3.05) is 30.4 Å². The molecule has 1 rings (SSSR count). The van der Waals surface area contributed by atoms with Gasteiger partial charge in [0.2, 0.25) is 10.0 Å². The molecule has 0 aliphatic heterocycles. The number of hydrogen-bond donors (Lipinski definition) is 2. The molecular weight excluding hydrogens is 284 g/mol. The van der Waals surface area contributed by atoms with E-state index in [1.807, 2.05) is 0 Å². The maximum absolute atomic E-state index is 11.8. The van der Waals surface area contributed by atoms with Crippen LogP contribution in [0.2, 0.25) is 0 Å². The normalized spacial score (nSPS) is 10.9. The zero-order chi connectivity index (χ0) is 15.2. The second kappa shape index (κ2) is 6.99. The van der Waals surface area contributed by atoms with Crippen molar-refractivity contribution in [3.63, 3.8) is 0 Å². The van der Waals surface area contributed by atoms with Gasteiger partial charge in [0.1, 0.15) is 5.75 Å². The van der Waals surface area contributed by atoms with E-state index in [1.54, 1.807) is 12.1 Å². The number of benzene rings is 1. The Hall–Kier alpha value is -1.96. The van der Waals surface area contributed by atoms with E-state index in [1.165, 1.54) is 20.3 Å². The van der Waals surface area contributed by atoms with Crippen LogP contribution in [0.25, 0.3) is 0 Å². The van der Waals surface area contributed by atoms with E-state index in [-0.39, 0.29) is 18.6 Å². The van der Waals surface area contributed by atoms with E-state index >= 15 is 0 Å². The van der Waals surface area contributed by atoms with Gasteiger partial charge in [-0.15, -0.1) is 0 Å². The molecule has 0 unspecified atom stereocenters. The number of methoxy groups -OCH3 is 2. The molecule has 0 aliphatic rings. The Labute approximate surface area is 118 Å². The van der Waals surface area contributed by atoms with Crippen molar-refractivity contribution < 1.29 is 22.7 Å². The van der Waals surface area contributed by atoms with Crippen LogP contribution in [0.15, 0.2) is 18.2 Å². The predicted molar refractivity (Wildman–Crippen MR) is 76.1 cm³/mol. The van der Waals surface area contributed by atoms with Gasteiger partial charge in [0.25, 0.3) is 0 Å². The second-order valence-corrected chi connectivity index (χ2v) is 5.90. The van der Waals surface area contributed by atoms with Crippen LogP contribution in [0.5, 0.6) is 5.75 Å². The van der Waals surface area contributed by atoms with E-state index in [0.717, 1.165) is 0 Å². The monoisotopic (exact) mass is 302 g/mol. The molecule has 1 aromatic carbocycles. The number of rotatable bonds is 7. The fraction of sp³-hybridized carbons (Fsp3) is 0.417. The topological polar surface area (TPSA) is 108 Å². The van der Waals surface area contributed by atoms with Gasteiger partial charge in [-0.25, -0.2) is 8.42 Å². The van der Waals surface area contributed by atoms with E-state index in [0.29, 0.717) is 17.1 Å². The lowest BCUT2D eigenvalue weighted by molar-refractivity contribution is -0.140. The Bertz CT molecular complexity index is 571. The molecular formula is C12H18N2O5S. The number of hydrogen-bond acceptors (Lipinski definition) is 6. The third kappa shape index (κ3) is 4.96. The molecule has 20 heavy (non-hydrogen) atoms. The number of ether oxygens (including phenoxy) is 2. The highest BCUT2D eigenvalue weighted by atomic mass is 32.2. The van der Waals surface area contributed by atoms with Crippen LogP contribution >= 0.6 is 0 Å². The lowest BCUT2D eigenvalue weighted by Gasteiger charge is -2.10. The van der Waals surface area contributed by atoms with E-state index in [2.05, 4.69) is 9.46 Å². The van der Waals surface area contributed by atoms with Gasteiger partial charge in [-0.05, 0) is 24.6 Å². The molecule has 3 N–H and O–H groups in total. The molecule has 7 nitrogen and oxygen atoms in total. The van der Waals surface area contributed by atoms with Gasteiger partial charge >= 0.3 is 5.97 Å². The molecule has 0 radical (unpaired) electrons. The van der Waals surface area contributed by atoms with Crippen LogP contribution in [-0.2, 0) is 19.6 Å². The third-order valence-electron chi connectivity index (χ3n) is 2.52. The Morgan fingerprint density at radius 1 is 1.35 bits per heavy atom. The first-order chi connectivity index (χ1) is 9.38. The van der Waals surface area contributed by atoms with E-state index in [9.17, 15) is 13.2 Å². The summed E-state index contributed by atoms with van der Waals surface area (Å²) in [5, 5.41) is 0. The third-order valence-corrected chi connectivity index (χ3v) is 3.90. The van der Waals surface area contributed by atoms with Crippen LogP contribution in [0.4, 0.5) is 11.4 Å². The Balaban J connectivity index is 2.62. The van der Waals surface area contributed by atoms with Gasteiger partial charge in [-0.1, -0.05) is 0 Å². The zero-order valence-electron chi connectivity index (χ0n) is 11.4. The highest BCUT2D eigenvalue weighted by Gasteiger charge is 2.12. The predicted octanol–water partition coefficient (Wildman–Crippen LogP) is 0.972. The fourth-order valence-corrected chi connectivity index (χ4v) is 2.65. The van der Waals surface area contributed by atoms with Crippen molar-refractivity contribution >= 4 is 27.4 Å². The van der Waals surface area contributed by atoms with Crippen LogP contribution < -0.4 is 15.2 Å². The number of nitrogens with one attached hydrogen (secondary N) is 1. The molecule has 8 heteroatoms. The minimum absolute atomic E-state index is 0.0577. The summed E-state index contributed by atoms with van der Waals surface area (Å²) in [6, 6.07) is 4.59. The SMILES string of the molecule is COC(=O)CCCS(=O)(=O)Nc1ccc(OC)c(N)c1. The molecule has 0 saturated carbocycles. The van der Waals surface area contributed by atoms with Gasteiger partial charge in [0.15, 0.2) is 0 Å². The quantitative estimate of drug-likeness (QED) is 0.574. The van der Waals surface area contributed by atoms with Crippen molar-refractivity contribution in [1.82, 2.24) is 0 Å². The summed E-state index contributed by atoms with van der Waals surface area (Å²) in [6.07, 6.45) is 0.246. The Morgan fingerprint density at radius 2 is 2.05 bits per heavy atom. The van der Waals surface area contributed by atoms with Crippen molar-refractivity contribution in [1.29, 1.82) is 0 Å². The highest BCUT2D eigenvalue weighted by Crippen LogP contribution is 2.25. The minimum atomic E-state index is -3.53. The zero-order valence-corrected chi connectivity index (χ0v) is 12.2. The molecule has 0 amide bonds. The number of nitrogen functional groups attached to an aromatic ring is 1. The molecule has 112 valence electrons. The molecule has 0 bridgehead atoms. The standard InChI is InChI=1S/C12H18N2O5S/c1-18-11-6-5-9(8-10(11)13)14-20(16,17)7-3-4-12(15)19-2/h5-6,8,14H,3-4,7,13H2,1-2H3. The number of anilines is 2. The van der Waals surface area contributed by atoms with Crippen LogP contribution in [0, 0.1) is 0 Å². The van der Waals surface area contributed by atoms with Gasteiger partial charge in [-0.2, -0.15) is 0 Å². The number of esters is 1. The first-order valence-corrected chi connectivity index (χ1v) is 7.54. The molecule has 1 aromatic rings. The summed E-state index contributed by atoms with van der Waals surface area (Å²) < 4.78 is 35.4. The number of sulfonamides is 1. The summed E-state index contributed by atoms with van der Waals surface area (Å²) in [4.78, 5) is 10.9. The molecule has 0 aromatic heterocycles. The molecule has 0 fully saturated rings. The molecule has 0 aliphatic carbocycles. The van der Waals surface area contributed by atoms with Gasteiger partial charge in [0.05, 0.1) is 31.3 Å². The molecule has 0 saturated heterocycles. The largest absolute Gasteiger partial charge is 0.495 e. The van der Waals surface area contributed by atoms with Crippen LogP contribution in [0.3, 0.4) is 0 Å². The van der Waals surface area contributed by atoms with E-state index < -0.39 is 16.0 Å².